The fourth-order valence-electron chi connectivity index (χ4n) is 2.87. The van der Waals surface area contributed by atoms with Gasteiger partial charge < -0.3 is 11.1 Å². The first-order valence-corrected chi connectivity index (χ1v) is 7.06. The summed E-state index contributed by atoms with van der Waals surface area (Å²) in [6.07, 6.45) is 7.69. The zero-order chi connectivity index (χ0) is 13.9. The molecule has 0 spiro atoms. The lowest BCUT2D eigenvalue weighted by Gasteiger charge is -2.37. The molecule has 0 radical (unpaired) electrons. The fourth-order valence-corrected chi connectivity index (χ4v) is 2.87. The van der Waals surface area contributed by atoms with E-state index in [9.17, 15) is 4.79 Å². The molecule has 122 valence electrons. The highest BCUT2D eigenvalue weighted by atomic mass is 35.5. The highest BCUT2D eigenvalue weighted by Crippen LogP contribution is 2.31. The minimum absolute atomic E-state index is 0. The molecule has 1 saturated carbocycles. The molecule has 0 saturated heterocycles. The number of halogens is 2. The summed E-state index contributed by atoms with van der Waals surface area (Å²) in [4.78, 5) is 12.3. The molecule has 1 fully saturated rings. The summed E-state index contributed by atoms with van der Waals surface area (Å²) in [5, 5.41) is 7.21. The van der Waals surface area contributed by atoms with Gasteiger partial charge in [-0.3, -0.25) is 9.48 Å². The lowest BCUT2D eigenvalue weighted by atomic mass is 9.74. The summed E-state index contributed by atoms with van der Waals surface area (Å²) < 4.78 is 1.83. The second-order valence-corrected chi connectivity index (χ2v) is 5.94. The number of aromatic nitrogens is 2. The molecule has 1 aromatic heterocycles. The molecule has 1 amide bonds. The van der Waals surface area contributed by atoms with Crippen molar-refractivity contribution in [3.8, 4) is 0 Å². The Morgan fingerprint density at radius 2 is 2.24 bits per heavy atom. The number of carbonyl (C=O) groups is 1. The Bertz CT molecular complexity index is 423. The third-order valence-electron chi connectivity index (χ3n) is 3.98. The SMILES string of the molecule is CC(Cn1cccn1)NC(=O)C1CCCCC1(C)N.Cl.Cl. The van der Waals surface area contributed by atoms with Crippen LogP contribution in [0.2, 0.25) is 0 Å². The van der Waals surface area contributed by atoms with Crippen LogP contribution in [0.25, 0.3) is 0 Å². The number of nitrogens with one attached hydrogen (secondary N) is 1. The summed E-state index contributed by atoms with van der Waals surface area (Å²) >= 11 is 0. The standard InChI is InChI=1S/C14H24N4O.2ClH/c1-11(10-18-9-5-8-16-18)17-13(19)12-6-3-4-7-14(12,2)15;;/h5,8-9,11-12H,3-4,6-7,10,15H2,1-2H3,(H,17,19);2*1H. The van der Waals surface area contributed by atoms with Crippen LogP contribution in [-0.4, -0.2) is 27.3 Å². The second-order valence-electron chi connectivity index (χ2n) is 5.94. The van der Waals surface area contributed by atoms with E-state index >= 15 is 0 Å². The Morgan fingerprint density at radius 3 is 2.81 bits per heavy atom. The molecule has 2 rings (SSSR count). The van der Waals surface area contributed by atoms with Gasteiger partial charge in [0.15, 0.2) is 0 Å². The van der Waals surface area contributed by atoms with Gasteiger partial charge in [-0.25, -0.2) is 0 Å². The summed E-state index contributed by atoms with van der Waals surface area (Å²) in [7, 11) is 0. The smallest absolute Gasteiger partial charge is 0.225 e. The fraction of sp³-hybridized carbons (Fsp3) is 0.714. The van der Waals surface area contributed by atoms with E-state index in [0.717, 1.165) is 25.7 Å². The third kappa shape index (κ3) is 5.49. The quantitative estimate of drug-likeness (QED) is 0.884. The first-order valence-electron chi connectivity index (χ1n) is 7.06. The predicted octanol–water partition coefficient (Wildman–Crippen LogP) is 2.14. The second kappa shape index (κ2) is 8.61. The zero-order valence-electron chi connectivity index (χ0n) is 12.6. The maximum atomic E-state index is 12.3. The Hall–Kier alpha value is -0.780. The molecule has 7 heteroatoms. The van der Waals surface area contributed by atoms with Gasteiger partial charge in [-0.1, -0.05) is 12.8 Å². The molecule has 1 heterocycles. The van der Waals surface area contributed by atoms with Crippen LogP contribution in [-0.2, 0) is 11.3 Å². The van der Waals surface area contributed by atoms with E-state index in [1.807, 2.05) is 30.8 Å². The maximum Gasteiger partial charge on any atom is 0.225 e. The first-order chi connectivity index (χ1) is 8.99. The van der Waals surface area contributed by atoms with E-state index in [1.54, 1.807) is 6.20 Å². The van der Waals surface area contributed by atoms with E-state index < -0.39 is 0 Å². The number of rotatable bonds is 4. The predicted molar refractivity (Wildman–Crippen MR) is 88.9 cm³/mol. The summed E-state index contributed by atoms with van der Waals surface area (Å²) in [5.41, 5.74) is 5.89. The molecule has 3 unspecified atom stereocenters. The van der Waals surface area contributed by atoms with Crippen molar-refractivity contribution in [3.63, 3.8) is 0 Å². The molecular formula is C14H26Cl2N4O. The van der Waals surface area contributed by atoms with E-state index in [2.05, 4.69) is 10.4 Å². The molecule has 21 heavy (non-hydrogen) atoms. The van der Waals surface area contributed by atoms with Crippen LogP contribution in [0.3, 0.4) is 0 Å². The maximum absolute atomic E-state index is 12.3. The van der Waals surface area contributed by atoms with Gasteiger partial charge in [0.25, 0.3) is 0 Å². The highest BCUT2D eigenvalue weighted by Gasteiger charge is 2.37. The van der Waals surface area contributed by atoms with Crippen molar-refractivity contribution in [2.24, 2.45) is 11.7 Å². The topological polar surface area (TPSA) is 72.9 Å². The van der Waals surface area contributed by atoms with Crippen molar-refractivity contribution in [2.75, 3.05) is 0 Å². The van der Waals surface area contributed by atoms with Gasteiger partial charge in [-0.05, 0) is 32.8 Å². The Morgan fingerprint density at radius 1 is 1.52 bits per heavy atom. The normalized spacial score (nSPS) is 26.1. The molecule has 0 bridgehead atoms. The van der Waals surface area contributed by atoms with Gasteiger partial charge >= 0.3 is 0 Å². The Kier molecular flexibility index (Phi) is 8.29. The van der Waals surface area contributed by atoms with E-state index in [0.29, 0.717) is 6.54 Å². The number of nitrogens with two attached hydrogens (primary N) is 1. The van der Waals surface area contributed by atoms with Gasteiger partial charge in [0.05, 0.1) is 12.5 Å². The van der Waals surface area contributed by atoms with Crippen LogP contribution in [0.5, 0.6) is 0 Å². The molecule has 0 aliphatic heterocycles. The van der Waals surface area contributed by atoms with E-state index in [-0.39, 0.29) is 48.2 Å². The molecule has 0 aromatic carbocycles. The number of hydrogen-bond donors (Lipinski definition) is 2. The minimum atomic E-state index is -0.367. The van der Waals surface area contributed by atoms with Crippen molar-refractivity contribution in [2.45, 2.75) is 57.7 Å². The zero-order valence-corrected chi connectivity index (χ0v) is 14.3. The van der Waals surface area contributed by atoms with Crippen LogP contribution < -0.4 is 11.1 Å². The highest BCUT2D eigenvalue weighted by molar-refractivity contribution is 5.85. The minimum Gasteiger partial charge on any atom is -0.351 e. The Balaban J connectivity index is 0.00000200. The van der Waals surface area contributed by atoms with Crippen molar-refractivity contribution in [1.82, 2.24) is 15.1 Å². The summed E-state index contributed by atoms with van der Waals surface area (Å²) in [6.45, 7) is 4.68. The number of carbonyl (C=O) groups excluding carboxylic acids is 1. The van der Waals surface area contributed by atoms with Crippen LogP contribution in [0.4, 0.5) is 0 Å². The van der Waals surface area contributed by atoms with Gasteiger partial charge in [0, 0.05) is 24.0 Å². The number of amides is 1. The average Bonchev–Trinajstić information content (AvgIpc) is 2.80. The van der Waals surface area contributed by atoms with Gasteiger partial charge in [0.1, 0.15) is 0 Å². The van der Waals surface area contributed by atoms with Crippen LogP contribution in [0, 0.1) is 5.92 Å². The lowest BCUT2D eigenvalue weighted by Crippen LogP contribution is -2.54. The molecule has 1 aromatic rings. The number of nitrogens with zero attached hydrogens (tertiary/aromatic N) is 2. The molecule has 1 aliphatic carbocycles. The van der Waals surface area contributed by atoms with E-state index in [4.69, 9.17) is 5.73 Å². The molecular weight excluding hydrogens is 311 g/mol. The van der Waals surface area contributed by atoms with Crippen molar-refractivity contribution < 1.29 is 4.79 Å². The Labute approximate surface area is 138 Å². The van der Waals surface area contributed by atoms with Crippen molar-refractivity contribution in [1.29, 1.82) is 0 Å². The van der Waals surface area contributed by atoms with Gasteiger partial charge in [0.2, 0.25) is 5.91 Å². The third-order valence-corrected chi connectivity index (χ3v) is 3.98. The molecule has 3 atom stereocenters. The first kappa shape index (κ1) is 20.2. The van der Waals surface area contributed by atoms with Gasteiger partial charge in [-0.15, -0.1) is 24.8 Å². The number of hydrogen-bond acceptors (Lipinski definition) is 3. The van der Waals surface area contributed by atoms with Crippen molar-refractivity contribution >= 4 is 30.7 Å². The van der Waals surface area contributed by atoms with Crippen LogP contribution in [0.15, 0.2) is 18.5 Å². The summed E-state index contributed by atoms with van der Waals surface area (Å²) in [6, 6.07) is 1.94. The van der Waals surface area contributed by atoms with E-state index in [1.165, 1.54) is 0 Å². The van der Waals surface area contributed by atoms with Crippen LogP contribution >= 0.6 is 24.8 Å². The largest absolute Gasteiger partial charge is 0.351 e. The molecule has 3 N–H and O–H groups in total. The monoisotopic (exact) mass is 336 g/mol. The molecule has 5 nitrogen and oxygen atoms in total. The molecule has 1 aliphatic rings. The van der Waals surface area contributed by atoms with Gasteiger partial charge in [-0.2, -0.15) is 5.10 Å². The average molecular weight is 337 g/mol. The van der Waals surface area contributed by atoms with Crippen LogP contribution in [0.1, 0.15) is 39.5 Å². The van der Waals surface area contributed by atoms with Crippen molar-refractivity contribution in [3.05, 3.63) is 18.5 Å². The summed E-state index contributed by atoms with van der Waals surface area (Å²) in [5.74, 6) is 0.0191. The lowest BCUT2D eigenvalue weighted by molar-refractivity contribution is -0.128.